The van der Waals surface area contributed by atoms with Gasteiger partial charge >= 0.3 is 5.97 Å². The molecule has 1 heterocycles. The molecule has 0 saturated carbocycles. The van der Waals surface area contributed by atoms with Gasteiger partial charge in [-0.25, -0.2) is 0 Å². The van der Waals surface area contributed by atoms with Crippen molar-refractivity contribution in [1.29, 1.82) is 0 Å². The van der Waals surface area contributed by atoms with Crippen molar-refractivity contribution >= 4 is 23.1 Å². The Labute approximate surface area is 96.0 Å². The number of hydrogen-bond donors (Lipinski definition) is 3. The van der Waals surface area contributed by atoms with Crippen LogP contribution in [0.3, 0.4) is 0 Å². The van der Waals surface area contributed by atoms with Crippen LogP contribution in [-0.2, 0) is 4.79 Å². The van der Waals surface area contributed by atoms with Crippen molar-refractivity contribution in [2.75, 3.05) is 0 Å². The van der Waals surface area contributed by atoms with Crippen LogP contribution in [0, 0.1) is 0 Å². The second-order valence-corrected chi connectivity index (χ2v) is 4.32. The zero-order chi connectivity index (χ0) is 12.3. The lowest BCUT2D eigenvalue weighted by atomic mass is 10.0. The molecule has 3 N–H and O–H groups in total. The largest absolute Gasteiger partial charge is 0.481 e. The van der Waals surface area contributed by atoms with Gasteiger partial charge in [0.2, 0.25) is 0 Å². The molecule has 0 aliphatic rings. The van der Waals surface area contributed by atoms with Crippen LogP contribution < -0.4 is 0 Å². The molecule has 2 unspecified atom stereocenters. The molecule has 1 rings (SSSR count). The molecular formula is C10H12O5S. The Hall–Kier alpha value is -1.24. The number of Topliss-reactive ketones (excluding diaryl/α,β-unsaturated/α-hetero) is 1. The number of aliphatic hydroxyl groups excluding tert-OH is 2. The van der Waals surface area contributed by atoms with E-state index in [1.807, 2.05) is 0 Å². The molecular weight excluding hydrogens is 232 g/mol. The van der Waals surface area contributed by atoms with E-state index in [2.05, 4.69) is 0 Å². The molecule has 0 aliphatic carbocycles. The summed E-state index contributed by atoms with van der Waals surface area (Å²) in [4.78, 5) is 21.8. The fourth-order valence-electron chi connectivity index (χ4n) is 1.20. The molecule has 0 amide bonds. The Morgan fingerprint density at radius 3 is 2.50 bits per heavy atom. The molecule has 1 aromatic heterocycles. The van der Waals surface area contributed by atoms with Crippen LogP contribution in [0.5, 0.6) is 0 Å². The molecule has 88 valence electrons. The highest BCUT2D eigenvalue weighted by molar-refractivity contribution is 7.12. The van der Waals surface area contributed by atoms with Gasteiger partial charge in [0.15, 0.2) is 5.78 Å². The van der Waals surface area contributed by atoms with Gasteiger partial charge in [0.05, 0.1) is 17.4 Å². The maximum Gasteiger partial charge on any atom is 0.306 e. The highest BCUT2D eigenvalue weighted by atomic mass is 32.1. The molecule has 0 spiro atoms. The highest BCUT2D eigenvalue weighted by Crippen LogP contribution is 2.24. The van der Waals surface area contributed by atoms with E-state index in [9.17, 15) is 19.8 Å². The summed E-state index contributed by atoms with van der Waals surface area (Å²) in [6, 6.07) is 1.46. The topological polar surface area (TPSA) is 94.8 Å². The minimum atomic E-state index is -1.37. The summed E-state index contributed by atoms with van der Waals surface area (Å²) < 4.78 is 0. The lowest BCUT2D eigenvalue weighted by Gasteiger charge is -2.14. The SMILES string of the molecule is CC(=O)c1cc(C(O)C(O)CC(=O)O)cs1. The maximum atomic E-state index is 11.0. The Kier molecular flexibility index (Phi) is 4.17. The molecule has 0 aliphatic heterocycles. The highest BCUT2D eigenvalue weighted by Gasteiger charge is 2.22. The van der Waals surface area contributed by atoms with Crippen LogP contribution in [0.2, 0.25) is 0 Å². The number of aliphatic carboxylic acids is 1. The van der Waals surface area contributed by atoms with Gasteiger partial charge in [-0.3, -0.25) is 9.59 Å². The minimum absolute atomic E-state index is 0.129. The first-order valence-electron chi connectivity index (χ1n) is 4.59. The Bertz CT molecular complexity index is 398. The standard InChI is InChI=1S/C10H12O5S/c1-5(11)8-2-6(4-16-8)10(15)7(12)3-9(13)14/h2,4,7,10,12,15H,3H2,1H3,(H,13,14). The number of thiophene rings is 1. The minimum Gasteiger partial charge on any atom is -0.481 e. The zero-order valence-corrected chi connectivity index (χ0v) is 9.40. The molecule has 5 nitrogen and oxygen atoms in total. The number of ketones is 1. The van der Waals surface area contributed by atoms with E-state index in [0.717, 1.165) is 11.3 Å². The summed E-state index contributed by atoms with van der Waals surface area (Å²) in [5.74, 6) is -1.32. The van der Waals surface area contributed by atoms with Gasteiger partial charge in [-0.05, 0) is 23.9 Å². The lowest BCUT2D eigenvalue weighted by Crippen LogP contribution is -2.21. The van der Waals surface area contributed by atoms with Crippen molar-refractivity contribution < 1.29 is 24.9 Å². The molecule has 16 heavy (non-hydrogen) atoms. The van der Waals surface area contributed by atoms with Gasteiger partial charge in [-0.1, -0.05) is 0 Å². The summed E-state index contributed by atoms with van der Waals surface area (Å²) in [5.41, 5.74) is 0.365. The average molecular weight is 244 g/mol. The van der Waals surface area contributed by atoms with Gasteiger partial charge in [-0.15, -0.1) is 11.3 Å². The molecule has 0 bridgehead atoms. The van der Waals surface area contributed by atoms with E-state index in [4.69, 9.17) is 5.11 Å². The van der Waals surface area contributed by atoms with E-state index < -0.39 is 24.6 Å². The number of carboxylic acids is 1. The molecule has 0 saturated heterocycles. The third kappa shape index (κ3) is 3.13. The number of hydrogen-bond acceptors (Lipinski definition) is 5. The van der Waals surface area contributed by atoms with Crippen LogP contribution >= 0.6 is 11.3 Å². The Morgan fingerprint density at radius 1 is 1.44 bits per heavy atom. The van der Waals surface area contributed by atoms with Crippen molar-refractivity contribution in [2.45, 2.75) is 25.6 Å². The van der Waals surface area contributed by atoms with E-state index in [0.29, 0.717) is 10.4 Å². The van der Waals surface area contributed by atoms with Crippen LogP contribution in [-0.4, -0.2) is 33.2 Å². The van der Waals surface area contributed by atoms with Crippen LogP contribution in [0.15, 0.2) is 11.4 Å². The number of carbonyl (C=O) groups excluding carboxylic acids is 1. The summed E-state index contributed by atoms with van der Waals surface area (Å²) >= 11 is 1.15. The maximum absolute atomic E-state index is 11.0. The summed E-state index contributed by atoms with van der Waals surface area (Å²) in [5, 5.41) is 29.0. The molecule has 1 aromatic rings. The quantitative estimate of drug-likeness (QED) is 0.666. The second-order valence-electron chi connectivity index (χ2n) is 3.41. The number of aliphatic hydroxyl groups is 2. The van der Waals surface area contributed by atoms with E-state index in [-0.39, 0.29) is 5.78 Å². The monoisotopic (exact) mass is 244 g/mol. The first-order valence-corrected chi connectivity index (χ1v) is 5.47. The van der Waals surface area contributed by atoms with Crippen LogP contribution in [0.25, 0.3) is 0 Å². The number of carbonyl (C=O) groups is 2. The predicted molar refractivity (Wildman–Crippen MR) is 57.5 cm³/mol. The van der Waals surface area contributed by atoms with Gasteiger partial charge in [-0.2, -0.15) is 0 Å². The van der Waals surface area contributed by atoms with Crippen molar-refractivity contribution in [3.05, 3.63) is 21.9 Å². The Balaban J connectivity index is 2.75. The third-order valence-electron chi connectivity index (χ3n) is 2.06. The van der Waals surface area contributed by atoms with Gasteiger partial charge in [0, 0.05) is 0 Å². The molecule has 6 heteroatoms. The van der Waals surface area contributed by atoms with E-state index >= 15 is 0 Å². The van der Waals surface area contributed by atoms with Gasteiger partial charge in [0.1, 0.15) is 6.10 Å². The normalized spacial score (nSPS) is 14.4. The second kappa shape index (κ2) is 5.20. The van der Waals surface area contributed by atoms with Crippen molar-refractivity contribution in [1.82, 2.24) is 0 Å². The van der Waals surface area contributed by atoms with E-state index in [1.54, 1.807) is 0 Å². The number of rotatable bonds is 5. The van der Waals surface area contributed by atoms with Crippen molar-refractivity contribution in [3.63, 3.8) is 0 Å². The zero-order valence-electron chi connectivity index (χ0n) is 8.58. The Morgan fingerprint density at radius 2 is 2.06 bits per heavy atom. The third-order valence-corrected chi connectivity index (χ3v) is 3.11. The molecule has 0 radical (unpaired) electrons. The molecule has 0 fully saturated rings. The first kappa shape index (κ1) is 12.8. The van der Waals surface area contributed by atoms with Gasteiger partial charge < -0.3 is 15.3 Å². The fraction of sp³-hybridized carbons (Fsp3) is 0.400. The first-order chi connectivity index (χ1) is 7.41. The smallest absolute Gasteiger partial charge is 0.306 e. The summed E-state index contributed by atoms with van der Waals surface area (Å²) in [7, 11) is 0. The van der Waals surface area contributed by atoms with Crippen LogP contribution in [0.4, 0.5) is 0 Å². The van der Waals surface area contributed by atoms with E-state index in [1.165, 1.54) is 18.4 Å². The summed E-state index contributed by atoms with van der Waals surface area (Å²) in [6.45, 7) is 1.40. The van der Waals surface area contributed by atoms with Crippen molar-refractivity contribution in [3.8, 4) is 0 Å². The van der Waals surface area contributed by atoms with Crippen LogP contribution in [0.1, 0.15) is 34.7 Å². The van der Waals surface area contributed by atoms with Crippen molar-refractivity contribution in [2.24, 2.45) is 0 Å². The van der Waals surface area contributed by atoms with Gasteiger partial charge in [0.25, 0.3) is 0 Å². The average Bonchev–Trinajstić information content (AvgIpc) is 2.64. The predicted octanol–water partition coefficient (Wildman–Crippen LogP) is 0.820. The number of carboxylic acid groups (broad SMARTS) is 1. The fourth-order valence-corrected chi connectivity index (χ4v) is 2.04. The molecule has 0 aromatic carbocycles. The lowest BCUT2D eigenvalue weighted by molar-refractivity contribution is -0.141. The molecule has 2 atom stereocenters. The summed E-state index contributed by atoms with van der Waals surface area (Å²) in [6.07, 6.45) is -3.18.